The number of nitrogens with zero attached hydrogens (tertiary/aromatic N) is 4. The summed E-state index contributed by atoms with van der Waals surface area (Å²) in [5.74, 6) is 0.935. The molecule has 0 aliphatic carbocycles. The summed E-state index contributed by atoms with van der Waals surface area (Å²) in [4.78, 5) is 15.9. The number of hydrogen-bond acceptors (Lipinski definition) is 3. The predicted octanol–water partition coefficient (Wildman–Crippen LogP) is 14.1. The van der Waals surface area contributed by atoms with Gasteiger partial charge < -0.3 is 0 Å². The summed E-state index contributed by atoms with van der Waals surface area (Å²) in [6, 6.07) is 73.2. The first kappa shape index (κ1) is 33.2. The van der Waals surface area contributed by atoms with E-state index in [0.29, 0.717) is 0 Å². The van der Waals surface area contributed by atoms with E-state index >= 15 is 0 Å². The molecular formula is C55H34N4. The number of fused-ring (bicyclic) bond motifs is 8. The number of para-hydroxylation sites is 2. The third kappa shape index (κ3) is 5.42. The van der Waals surface area contributed by atoms with E-state index in [2.05, 4.69) is 205 Å². The summed E-state index contributed by atoms with van der Waals surface area (Å²) < 4.78 is 2.36. The van der Waals surface area contributed by atoms with Gasteiger partial charge in [0.2, 0.25) is 0 Å². The highest BCUT2D eigenvalue weighted by Crippen LogP contribution is 2.45. The third-order valence-corrected chi connectivity index (χ3v) is 11.7. The first-order chi connectivity index (χ1) is 29.2. The summed E-state index contributed by atoms with van der Waals surface area (Å²) in [6.45, 7) is 0. The highest BCUT2D eigenvalue weighted by atomic mass is 15.1. The SMILES string of the molecule is c1ccc(-c2nc3c(ccc4ccccc43)nc2-c2cccc(-c3cccc(-c4ccc(-c5nc6cccc7c6n5-c5ccccc5-c5ccccc5-7)cc4)c3)c2)cc1. The van der Waals surface area contributed by atoms with Crippen LogP contribution in [0.25, 0.3) is 117 Å². The number of rotatable bonds is 5. The topological polar surface area (TPSA) is 43.6 Å². The molecule has 4 nitrogen and oxygen atoms in total. The van der Waals surface area contributed by atoms with Crippen LogP contribution < -0.4 is 0 Å². The molecule has 0 saturated carbocycles. The van der Waals surface area contributed by atoms with Gasteiger partial charge in [-0.2, -0.15) is 0 Å². The van der Waals surface area contributed by atoms with Gasteiger partial charge in [-0.05, 0) is 69.1 Å². The Labute approximate surface area is 341 Å². The van der Waals surface area contributed by atoms with Crippen LogP contribution in [0.4, 0.5) is 0 Å². The van der Waals surface area contributed by atoms with Crippen LogP contribution in [-0.2, 0) is 0 Å². The van der Waals surface area contributed by atoms with E-state index in [1.807, 2.05) is 6.07 Å². The van der Waals surface area contributed by atoms with Gasteiger partial charge in [-0.1, -0.05) is 176 Å². The quantitative estimate of drug-likeness (QED) is 0.165. The van der Waals surface area contributed by atoms with Crippen molar-refractivity contribution in [2.45, 2.75) is 0 Å². The standard InChI is InChI=1S/C55H34N4/c1-2-14-37(15-3-1)51-52(56-48-32-31-36-13-4-5-20-43(36)53(48)58-51)42-19-11-18-41(34-42)40-17-10-16-39(33-40)35-27-29-38(30-28-35)55-57-49-25-12-24-47-45-22-7-6-21-44(45)46-23-8-9-26-50(46)59(55)54(47)49/h1-34H. The van der Waals surface area contributed by atoms with Gasteiger partial charge in [0.15, 0.2) is 0 Å². The molecule has 1 aliphatic heterocycles. The highest BCUT2D eigenvalue weighted by Gasteiger charge is 2.25. The first-order valence-electron chi connectivity index (χ1n) is 20.0. The average Bonchev–Trinajstić information content (AvgIpc) is 3.66. The Balaban J connectivity index is 0.927. The molecule has 12 rings (SSSR count). The molecule has 1 aliphatic rings. The molecule has 59 heavy (non-hydrogen) atoms. The van der Waals surface area contributed by atoms with E-state index in [-0.39, 0.29) is 0 Å². The van der Waals surface area contributed by atoms with Crippen molar-refractivity contribution in [3.8, 4) is 84.1 Å². The first-order valence-corrected chi connectivity index (χ1v) is 20.0. The zero-order chi connectivity index (χ0) is 38.9. The zero-order valence-corrected chi connectivity index (χ0v) is 31.9. The molecule has 274 valence electrons. The van der Waals surface area contributed by atoms with Gasteiger partial charge in [0.25, 0.3) is 0 Å². The molecular weight excluding hydrogens is 717 g/mol. The van der Waals surface area contributed by atoms with Crippen molar-refractivity contribution in [3.63, 3.8) is 0 Å². The number of imidazole rings is 1. The van der Waals surface area contributed by atoms with Crippen LogP contribution >= 0.6 is 0 Å². The van der Waals surface area contributed by atoms with Crippen LogP contribution in [0.15, 0.2) is 206 Å². The van der Waals surface area contributed by atoms with Crippen molar-refractivity contribution in [2.75, 3.05) is 0 Å². The maximum atomic E-state index is 5.32. The lowest BCUT2D eigenvalue weighted by atomic mass is 9.94. The summed E-state index contributed by atoms with van der Waals surface area (Å²) in [5.41, 5.74) is 19.4. The van der Waals surface area contributed by atoms with Crippen molar-refractivity contribution in [2.24, 2.45) is 0 Å². The Kier molecular flexibility index (Phi) is 7.50. The van der Waals surface area contributed by atoms with E-state index in [1.165, 1.54) is 22.3 Å². The molecule has 11 aromatic rings. The van der Waals surface area contributed by atoms with Gasteiger partial charge in [-0.15, -0.1) is 0 Å². The van der Waals surface area contributed by atoms with E-state index in [4.69, 9.17) is 15.0 Å². The van der Waals surface area contributed by atoms with Crippen LogP contribution in [0.1, 0.15) is 0 Å². The fraction of sp³-hybridized carbons (Fsp3) is 0. The van der Waals surface area contributed by atoms with Crippen LogP contribution in [0.3, 0.4) is 0 Å². The normalized spacial score (nSPS) is 11.7. The van der Waals surface area contributed by atoms with Crippen LogP contribution in [0.2, 0.25) is 0 Å². The van der Waals surface area contributed by atoms with E-state index in [0.717, 1.165) is 94.7 Å². The molecule has 3 heterocycles. The van der Waals surface area contributed by atoms with Gasteiger partial charge in [-0.3, -0.25) is 4.57 Å². The molecule has 0 unspecified atom stereocenters. The fourth-order valence-electron chi connectivity index (χ4n) is 8.95. The molecule has 0 bridgehead atoms. The summed E-state index contributed by atoms with van der Waals surface area (Å²) >= 11 is 0. The molecule has 2 aromatic heterocycles. The number of aromatic nitrogens is 4. The molecule has 0 spiro atoms. The van der Waals surface area contributed by atoms with Crippen molar-refractivity contribution >= 4 is 32.8 Å². The Morgan fingerprint density at radius 3 is 1.71 bits per heavy atom. The summed E-state index contributed by atoms with van der Waals surface area (Å²) in [5, 5.41) is 2.26. The van der Waals surface area contributed by atoms with Crippen molar-refractivity contribution in [1.82, 2.24) is 19.5 Å². The lowest BCUT2D eigenvalue weighted by Gasteiger charge is -2.14. The smallest absolute Gasteiger partial charge is 0.145 e. The molecule has 0 amide bonds. The van der Waals surface area contributed by atoms with Crippen molar-refractivity contribution in [3.05, 3.63) is 206 Å². The number of benzene rings is 9. The van der Waals surface area contributed by atoms with Gasteiger partial charge in [0.1, 0.15) is 5.82 Å². The van der Waals surface area contributed by atoms with Crippen LogP contribution in [0.5, 0.6) is 0 Å². The Hall–Kier alpha value is -7.95. The monoisotopic (exact) mass is 750 g/mol. The number of hydrogen-bond donors (Lipinski definition) is 0. The van der Waals surface area contributed by atoms with Gasteiger partial charge in [0.05, 0.1) is 39.1 Å². The maximum Gasteiger partial charge on any atom is 0.145 e. The lowest BCUT2D eigenvalue weighted by Crippen LogP contribution is -1.99. The van der Waals surface area contributed by atoms with Crippen molar-refractivity contribution < 1.29 is 0 Å². The van der Waals surface area contributed by atoms with Crippen molar-refractivity contribution in [1.29, 1.82) is 0 Å². The Bertz CT molecular complexity index is 3440. The zero-order valence-electron chi connectivity index (χ0n) is 31.9. The van der Waals surface area contributed by atoms with Crippen LogP contribution in [0, 0.1) is 0 Å². The summed E-state index contributed by atoms with van der Waals surface area (Å²) in [7, 11) is 0. The molecule has 4 heteroatoms. The lowest BCUT2D eigenvalue weighted by molar-refractivity contribution is 1.11. The second-order valence-electron chi connectivity index (χ2n) is 15.2. The predicted molar refractivity (Wildman–Crippen MR) is 243 cm³/mol. The molecule has 0 saturated heterocycles. The second-order valence-corrected chi connectivity index (χ2v) is 15.2. The average molecular weight is 751 g/mol. The Morgan fingerprint density at radius 2 is 0.898 bits per heavy atom. The molecule has 0 radical (unpaired) electrons. The highest BCUT2D eigenvalue weighted by molar-refractivity contribution is 6.06. The van der Waals surface area contributed by atoms with Gasteiger partial charge in [0, 0.05) is 33.2 Å². The minimum atomic E-state index is 0.868. The minimum Gasteiger partial charge on any atom is -0.291 e. The molecule has 9 aromatic carbocycles. The Morgan fingerprint density at radius 1 is 0.322 bits per heavy atom. The fourth-order valence-corrected chi connectivity index (χ4v) is 8.95. The maximum absolute atomic E-state index is 5.32. The summed E-state index contributed by atoms with van der Waals surface area (Å²) in [6.07, 6.45) is 0. The van der Waals surface area contributed by atoms with Crippen LogP contribution in [-0.4, -0.2) is 19.5 Å². The molecule has 0 fully saturated rings. The van der Waals surface area contributed by atoms with E-state index in [9.17, 15) is 0 Å². The van der Waals surface area contributed by atoms with E-state index in [1.54, 1.807) is 0 Å². The van der Waals surface area contributed by atoms with Gasteiger partial charge >= 0.3 is 0 Å². The van der Waals surface area contributed by atoms with Gasteiger partial charge in [-0.25, -0.2) is 15.0 Å². The molecule has 0 N–H and O–H groups in total. The van der Waals surface area contributed by atoms with E-state index < -0.39 is 0 Å². The second kappa shape index (κ2) is 13.3. The minimum absolute atomic E-state index is 0.868. The molecule has 0 atom stereocenters. The third-order valence-electron chi connectivity index (χ3n) is 11.7. The largest absolute Gasteiger partial charge is 0.291 e.